The van der Waals surface area contributed by atoms with Crippen LogP contribution in [0.25, 0.3) is 10.9 Å². The zero-order chi connectivity index (χ0) is 23.5. The van der Waals surface area contributed by atoms with Crippen LogP contribution < -0.4 is 15.4 Å². The first-order valence-corrected chi connectivity index (χ1v) is 14.1. The van der Waals surface area contributed by atoms with Crippen molar-refractivity contribution in [2.45, 2.75) is 44.2 Å². The lowest BCUT2D eigenvalue weighted by atomic mass is 10.1. The number of rotatable bonds is 8. The molecule has 1 aliphatic carbocycles. The second-order valence-corrected chi connectivity index (χ2v) is 10.9. The molecule has 6 rings (SSSR count). The van der Waals surface area contributed by atoms with Crippen LogP contribution in [0.5, 0.6) is 11.5 Å². The summed E-state index contributed by atoms with van der Waals surface area (Å²) in [5.41, 5.74) is 3.41. The summed E-state index contributed by atoms with van der Waals surface area (Å²) in [7, 11) is 0. The Kier molecular flexibility index (Phi) is 6.98. The summed E-state index contributed by atoms with van der Waals surface area (Å²) in [6.45, 7) is 5.67. The number of nitrogens with zero attached hydrogens (tertiary/aromatic N) is 2. The molecule has 6 nitrogen and oxygen atoms in total. The van der Waals surface area contributed by atoms with Crippen molar-refractivity contribution in [3.05, 3.63) is 54.2 Å². The van der Waals surface area contributed by atoms with Crippen LogP contribution in [0.15, 0.2) is 53.5 Å². The van der Waals surface area contributed by atoms with Crippen molar-refractivity contribution >= 4 is 33.4 Å². The number of piperazine rings is 1. The summed E-state index contributed by atoms with van der Waals surface area (Å²) < 4.78 is 6.23. The van der Waals surface area contributed by atoms with Gasteiger partial charge in [-0.15, -0.1) is 11.8 Å². The first kappa shape index (κ1) is 23.0. The second-order valence-electron chi connectivity index (χ2n) is 9.94. The van der Waals surface area contributed by atoms with Gasteiger partial charge in [0.25, 0.3) is 0 Å². The zero-order valence-corrected chi connectivity index (χ0v) is 21.1. The minimum Gasteiger partial charge on any atom is -0.457 e. The topological polar surface area (TPSA) is 64.7 Å². The number of fused-ring (bicyclic) bond motifs is 1. The maximum atomic E-state index is 6.23. The van der Waals surface area contributed by atoms with Crippen LogP contribution >= 0.6 is 11.8 Å². The van der Waals surface area contributed by atoms with Gasteiger partial charge in [-0.25, -0.2) is 0 Å². The molecule has 0 bridgehead atoms. The van der Waals surface area contributed by atoms with Gasteiger partial charge in [-0.2, -0.15) is 0 Å². The van der Waals surface area contributed by atoms with Crippen molar-refractivity contribution in [2.24, 2.45) is 4.99 Å². The lowest BCUT2D eigenvalue weighted by Crippen LogP contribution is -2.44. The van der Waals surface area contributed by atoms with E-state index in [9.17, 15) is 0 Å². The van der Waals surface area contributed by atoms with Gasteiger partial charge < -0.3 is 25.3 Å². The highest BCUT2D eigenvalue weighted by Crippen LogP contribution is 2.36. The fraction of sp³-hybridized carbons (Fsp3) is 0.464. The molecule has 1 aromatic heterocycles. The number of H-pyrrole nitrogens is 1. The molecule has 1 atom stereocenters. The van der Waals surface area contributed by atoms with Gasteiger partial charge in [-0.3, -0.25) is 4.99 Å². The van der Waals surface area contributed by atoms with Gasteiger partial charge in [0, 0.05) is 56.0 Å². The predicted molar refractivity (Wildman–Crippen MR) is 147 cm³/mol. The molecule has 0 unspecified atom stereocenters. The SMILES string of the molecule is c1ccc(Oc2cc(NC3CCCC3)c3[nH]c(C4=N[C@@H](CCN5CCNCC5)CS4)cc3c2)cc1. The van der Waals surface area contributed by atoms with Gasteiger partial charge in [0.2, 0.25) is 0 Å². The highest BCUT2D eigenvalue weighted by Gasteiger charge is 2.23. The fourth-order valence-corrected chi connectivity index (χ4v) is 6.48. The van der Waals surface area contributed by atoms with E-state index in [2.05, 4.69) is 38.7 Å². The standard InChI is InChI=1S/C28H35N5OS/c1-2-8-23(9-3-1)34-24-16-20-17-26(32-27(20)25(18-24)30-21-6-4-5-7-21)28-31-22(19-35-28)10-13-33-14-11-29-12-15-33/h1-3,8-9,16-18,21-22,29-30,32H,4-7,10-15,19H2/t22-/m0/s1. The average Bonchev–Trinajstić information content (AvgIpc) is 3.65. The lowest BCUT2D eigenvalue weighted by molar-refractivity contribution is 0.235. The molecule has 2 aliphatic heterocycles. The Hall–Kier alpha value is -2.48. The number of aliphatic imine (C=N–C) groups is 1. The van der Waals surface area contributed by atoms with Crippen LogP contribution in [0.1, 0.15) is 37.8 Å². The summed E-state index contributed by atoms with van der Waals surface area (Å²) in [4.78, 5) is 11.4. The Morgan fingerprint density at radius 3 is 2.69 bits per heavy atom. The van der Waals surface area contributed by atoms with E-state index >= 15 is 0 Å². The summed E-state index contributed by atoms with van der Waals surface area (Å²) in [5.74, 6) is 2.80. The molecule has 2 aromatic carbocycles. The second kappa shape index (κ2) is 10.6. The smallest absolute Gasteiger partial charge is 0.130 e. The molecule has 0 spiro atoms. The van der Waals surface area contributed by atoms with Crippen LogP contribution in [0.2, 0.25) is 0 Å². The number of ether oxygens (including phenoxy) is 1. The molecule has 3 N–H and O–H groups in total. The van der Waals surface area contributed by atoms with Crippen LogP contribution in [-0.4, -0.2) is 65.5 Å². The number of nitrogens with one attached hydrogen (secondary N) is 3. The monoisotopic (exact) mass is 489 g/mol. The quantitative estimate of drug-likeness (QED) is 0.392. The Balaban J connectivity index is 1.23. The molecule has 0 radical (unpaired) electrons. The van der Waals surface area contributed by atoms with Gasteiger partial charge >= 0.3 is 0 Å². The minimum absolute atomic E-state index is 0.407. The van der Waals surface area contributed by atoms with Crippen molar-refractivity contribution in [3.8, 4) is 11.5 Å². The van der Waals surface area contributed by atoms with Crippen molar-refractivity contribution in [2.75, 3.05) is 43.8 Å². The number of para-hydroxylation sites is 1. The first-order valence-electron chi connectivity index (χ1n) is 13.1. The molecular weight excluding hydrogens is 454 g/mol. The Morgan fingerprint density at radius 1 is 1.03 bits per heavy atom. The zero-order valence-electron chi connectivity index (χ0n) is 20.3. The van der Waals surface area contributed by atoms with E-state index in [1.807, 2.05) is 42.1 Å². The van der Waals surface area contributed by atoms with E-state index in [-0.39, 0.29) is 0 Å². The highest BCUT2D eigenvalue weighted by atomic mass is 32.2. The molecule has 7 heteroatoms. The normalized spacial score (nSPS) is 21.5. The molecule has 184 valence electrons. The summed E-state index contributed by atoms with van der Waals surface area (Å²) in [6, 6.07) is 17.5. The number of thioether (sulfide) groups is 1. The van der Waals surface area contributed by atoms with E-state index < -0.39 is 0 Å². The summed E-state index contributed by atoms with van der Waals surface area (Å²) in [5, 5.41) is 9.56. The Labute approximate surface area is 211 Å². The maximum Gasteiger partial charge on any atom is 0.130 e. The third-order valence-corrected chi connectivity index (χ3v) is 8.48. The number of hydrogen-bond acceptors (Lipinski definition) is 6. The predicted octanol–water partition coefficient (Wildman–Crippen LogP) is 5.47. The lowest BCUT2D eigenvalue weighted by Gasteiger charge is -2.27. The van der Waals surface area contributed by atoms with Gasteiger partial charge in [0.15, 0.2) is 0 Å². The summed E-state index contributed by atoms with van der Waals surface area (Å²) >= 11 is 1.89. The van der Waals surface area contributed by atoms with Crippen LogP contribution in [-0.2, 0) is 0 Å². The van der Waals surface area contributed by atoms with Gasteiger partial charge in [-0.05, 0) is 43.5 Å². The largest absolute Gasteiger partial charge is 0.457 e. The van der Waals surface area contributed by atoms with E-state index in [0.29, 0.717) is 12.1 Å². The molecule has 3 heterocycles. The molecule has 1 saturated carbocycles. The molecule has 3 aliphatic rings. The Morgan fingerprint density at radius 2 is 1.86 bits per heavy atom. The van der Waals surface area contributed by atoms with Gasteiger partial charge in [0.05, 0.1) is 22.9 Å². The molecule has 1 saturated heterocycles. The highest BCUT2D eigenvalue weighted by molar-refractivity contribution is 8.14. The van der Waals surface area contributed by atoms with Gasteiger partial charge in [0.1, 0.15) is 16.5 Å². The van der Waals surface area contributed by atoms with Crippen LogP contribution in [0, 0.1) is 0 Å². The van der Waals surface area contributed by atoms with Crippen molar-refractivity contribution in [1.82, 2.24) is 15.2 Å². The number of benzene rings is 2. The molecule has 35 heavy (non-hydrogen) atoms. The van der Waals surface area contributed by atoms with Crippen molar-refractivity contribution in [3.63, 3.8) is 0 Å². The third-order valence-electron chi connectivity index (χ3n) is 7.33. The van der Waals surface area contributed by atoms with Crippen LogP contribution in [0.4, 0.5) is 5.69 Å². The van der Waals surface area contributed by atoms with Crippen molar-refractivity contribution < 1.29 is 4.74 Å². The van der Waals surface area contributed by atoms with Crippen LogP contribution in [0.3, 0.4) is 0 Å². The minimum atomic E-state index is 0.407. The van der Waals surface area contributed by atoms with Gasteiger partial charge in [-0.1, -0.05) is 31.0 Å². The number of aromatic nitrogens is 1. The maximum absolute atomic E-state index is 6.23. The summed E-state index contributed by atoms with van der Waals surface area (Å²) in [6.07, 6.45) is 6.21. The molecule has 0 amide bonds. The van der Waals surface area contributed by atoms with Crippen molar-refractivity contribution in [1.29, 1.82) is 0 Å². The van der Waals surface area contributed by atoms with E-state index in [4.69, 9.17) is 9.73 Å². The first-order chi connectivity index (χ1) is 17.3. The van der Waals surface area contributed by atoms with E-state index in [0.717, 1.165) is 78.3 Å². The molecule has 3 aromatic rings. The molecule has 2 fully saturated rings. The van der Waals surface area contributed by atoms with E-state index in [1.54, 1.807) is 0 Å². The average molecular weight is 490 g/mol. The Bertz CT molecular complexity index is 1160. The third kappa shape index (κ3) is 5.52. The number of hydrogen-bond donors (Lipinski definition) is 3. The fourth-order valence-electron chi connectivity index (χ4n) is 5.40. The molecular formula is C28H35N5OS. The number of aromatic amines is 1. The van der Waals surface area contributed by atoms with E-state index in [1.165, 1.54) is 31.1 Å². The number of anilines is 1.